The summed E-state index contributed by atoms with van der Waals surface area (Å²) < 4.78 is 1.31. The molecule has 2 N–H and O–H groups in total. The number of carboxylic acid groups (broad SMARTS) is 1. The molecule has 0 aliphatic rings. The van der Waals surface area contributed by atoms with Crippen molar-refractivity contribution in [1.82, 2.24) is 9.78 Å². The zero-order valence-electron chi connectivity index (χ0n) is 11.8. The summed E-state index contributed by atoms with van der Waals surface area (Å²) in [6.45, 7) is 0. The maximum absolute atomic E-state index is 12.4. The molecule has 3 aromatic rings. The first-order valence-electron chi connectivity index (χ1n) is 6.64. The fraction of sp³-hybridized carbons (Fsp3) is 0. The average Bonchev–Trinajstić information content (AvgIpc) is 2.97. The van der Waals surface area contributed by atoms with Gasteiger partial charge in [0.1, 0.15) is 0 Å². The zero-order valence-corrected chi connectivity index (χ0v) is 12.6. The van der Waals surface area contributed by atoms with E-state index in [0.29, 0.717) is 11.3 Å². The van der Waals surface area contributed by atoms with Crippen LogP contribution in [0.1, 0.15) is 25.7 Å². The third kappa shape index (κ3) is 2.95. The van der Waals surface area contributed by atoms with E-state index >= 15 is 0 Å². The number of carboxylic acids is 1. The second kappa shape index (κ2) is 5.98. The van der Waals surface area contributed by atoms with Gasteiger partial charge >= 0.3 is 5.97 Å². The van der Waals surface area contributed by atoms with Gasteiger partial charge in [-0.15, -0.1) is 0 Å². The quantitative estimate of drug-likeness (QED) is 0.720. The summed E-state index contributed by atoms with van der Waals surface area (Å²) >= 11 is 0.975. The third-order valence-corrected chi connectivity index (χ3v) is 3.99. The zero-order chi connectivity index (χ0) is 16.4. The molecular formula is C16H11N3O3S. The monoisotopic (exact) mass is 325 g/mol. The van der Waals surface area contributed by atoms with Gasteiger partial charge in [-0.25, -0.2) is 9.48 Å². The Labute approximate surface area is 134 Å². The van der Waals surface area contributed by atoms with E-state index in [-0.39, 0.29) is 21.2 Å². The van der Waals surface area contributed by atoms with Gasteiger partial charge in [0, 0.05) is 5.56 Å². The van der Waals surface area contributed by atoms with Crippen molar-refractivity contribution in [2.75, 3.05) is 0 Å². The first kappa shape index (κ1) is 14.9. The number of aromatic nitrogens is 2. The van der Waals surface area contributed by atoms with Crippen molar-refractivity contribution in [3.63, 3.8) is 0 Å². The van der Waals surface area contributed by atoms with Gasteiger partial charge in [-0.05, 0) is 24.3 Å². The van der Waals surface area contributed by atoms with Gasteiger partial charge in [0.15, 0.2) is 5.01 Å². The molecule has 114 valence electrons. The van der Waals surface area contributed by atoms with Crippen LogP contribution in [0.25, 0.3) is 5.69 Å². The summed E-state index contributed by atoms with van der Waals surface area (Å²) in [5.41, 5.74) is 1.19. The molecule has 0 bridgehead atoms. The van der Waals surface area contributed by atoms with E-state index in [1.165, 1.54) is 16.8 Å². The van der Waals surface area contributed by atoms with E-state index < -0.39 is 5.97 Å². The molecule has 0 amide bonds. The van der Waals surface area contributed by atoms with Crippen LogP contribution in [0.5, 0.6) is 0 Å². The standard InChI is InChI=1S/C16H11N3O3S/c17-16-19(12-8-6-11(7-9-12)15(21)22)18-14(23-16)13(20)10-4-2-1-3-5-10/h1-9,17H,(H,21,22). The highest BCUT2D eigenvalue weighted by Gasteiger charge is 2.15. The Morgan fingerprint density at radius 3 is 2.26 bits per heavy atom. The van der Waals surface area contributed by atoms with E-state index in [2.05, 4.69) is 5.10 Å². The van der Waals surface area contributed by atoms with Crippen LogP contribution in [-0.4, -0.2) is 26.6 Å². The topological polar surface area (TPSA) is 96.0 Å². The molecule has 0 aliphatic carbocycles. The van der Waals surface area contributed by atoms with Crippen LogP contribution >= 0.6 is 11.3 Å². The van der Waals surface area contributed by atoms with E-state index in [4.69, 9.17) is 10.5 Å². The van der Waals surface area contributed by atoms with Gasteiger partial charge in [-0.2, -0.15) is 5.10 Å². The van der Waals surface area contributed by atoms with E-state index in [9.17, 15) is 9.59 Å². The normalized spacial score (nSPS) is 10.4. The molecule has 0 saturated heterocycles. The Balaban J connectivity index is 1.97. The molecule has 1 heterocycles. The molecule has 0 unspecified atom stereocenters. The molecule has 23 heavy (non-hydrogen) atoms. The average molecular weight is 325 g/mol. The van der Waals surface area contributed by atoms with E-state index in [1.807, 2.05) is 6.07 Å². The first-order valence-corrected chi connectivity index (χ1v) is 7.46. The SMILES string of the molecule is N=c1sc(C(=O)c2ccccc2)nn1-c1ccc(C(=O)O)cc1. The molecule has 0 spiro atoms. The van der Waals surface area contributed by atoms with E-state index in [1.54, 1.807) is 36.4 Å². The first-order chi connectivity index (χ1) is 11.1. The lowest BCUT2D eigenvalue weighted by atomic mass is 10.1. The highest BCUT2D eigenvalue weighted by Crippen LogP contribution is 2.13. The van der Waals surface area contributed by atoms with Crippen LogP contribution in [0.15, 0.2) is 54.6 Å². The number of aromatic carboxylic acids is 1. The predicted molar refractivity (Wildman–Crippen MR) is 84.1 cm³/mol. The van der Waals surface area contributed by atoms with Gasteiger partial charge in [-0.3, -0.25) is 10.2 Å². The Morgan fingerprint density at radius 2 is 1.65 bits per heavy atom. The van der Waals surface area contributed by atoms with Crippen molar-refractivity contribution in [3.05, 3.63) is 75.5 Å². The second-order valence-corrected chi connectivity index (χ2v) is 5.65. The van der Waals surface area contributed by atoms with Gasteiger partial charge < -0.3 is 5.11 Å². The minimum absolute atomic E-state index is 0.0901. The van der Waals surface area contributed by atoms with Crippen molar-refractivity contribution < 1.29 is 14.7 Å². The summed E-state index contributed by atoms with van der Waals surface area (Å²) in [6.07, 6.45) is 0. The van der Waals surface area contributed by atoms with Crippen LogP contribution in [0.4, 0.5) is 0 Å². The number of nitrogens with one attached hydrogen (secondary N) is 1. The van der Waals surface area contributed by atoms with Gasteiger partial charge in [0.25, 0.3) is 0 Å². The maximum Gasteiger partial charge on any atom is 0.335 e. The lowest BCUT2D eigenvalue weighted by molar-refractivity contribution is 0.0696. The third-order valence-electron chi connectivity index (χ3n) is 3.17. The van der Waals surface area contributed by atoms with Crippen LogP contribution < -0.4 is 4.80 Å². The summed E-state index contributed by atoms with van der Waals surface area (Å²) in [5.74, 6) is -1.27. The number of hydrogen-bond donors (Lipinski definition) is 2. The van der Waals surface area contributed by atoms with E-state index in [0.717, 1.165) is 11.3 Å². The van der Waals surface area contributed by atoms with Crippen LogP contribution in [0, 0.1) is 5.41 Å². The van der Waals surface area contributed by atoms with Crippen molar-refractivity contribution in [1.29, 1.82) is 5.41 Å². The van der Waals surface area contributed by atoms with Crippen molar-refractivity contribution in [2.24, 2.45) is 0 Å². The minimum Gasteiger partial charge on any atom is -0.478 e. The fourth-order valence-corrected chi connectivity index (χ4v) is 2.77. The number of nitrogens with zero attached hydrogens (tertiary/aromatic N) is 2. The Kier molecular flexibility index (Phi) is 3.86. The lowest BCUT2D eigenvalue weighted by Gasteiger charge is -2.01. The number of benzene rings is 2. The molecular weight excluding hydrogens is 314 g/mol. The summed E-state index contributed by atoms with van der Waals surface area (Å²) in [7, 11) is 0. The molecule has 2 aromatic carbocycles. The number of rotatable bonds is 4. The van der Waals surface area contributed by atoms with Gasteiger partial charge in [-0.1, -0.05) is 41.7 Å². The van der Waals surface area contributed by atoms with Crippen molar-refractivity contribution in [2.45, 2.75) is 0 Å². The van der Waals surface area contributed by atoms with Crippen LogP contribution in [0.3, 0.4) is 0 Å². The highest BCUT2D eigenvalue weighted by atomic mass is 32.1. The Bertz CT molecular complexity index is 927. The Hall–Kier alpha value is -3.06. The smallest absolute Gasteiger partial charge is 0.335 e. The number of hydrogen-bond acceptors (Lipinski definition) is 5. The maximum atomic E-state index is 12.4. The summed E-state index contributed by atoms with van der Waals surface area (Å²) in [5, 5.41) is 21.3. The molecule has 0 saturated carbocycles. The highest BCUT2D eigenvalue weighted by molar-refractivity contribution is 7.11. The number of carbonyl (C=O) groups excluding carboxylic acids is 1. The molecule has 7 heteroatoms. The summed E-state index contributed by atoms with van der Waals surface area (Å²) in [6, 6.07) is 14.7. The second-order valence-electron chi connectivity index (χ2n) is 4.67. The fourth-order valence-electron chi connectivity index (χ4n) is 2.02. The predicted octanol–water partition coefficient (Wildman–Crippen LogP) is 2.34. The summed E-state index contributed by atoms with van der Waals surface area (Å²) in [4.78, 5) is 23.3. The van der Waals surface area contributed by atoms with Crippen LogP contribution in [-0.2, 0) is 0 Å². The molecule has 6 nitrogen and oxygen atoms in total. The van der Waals surface area contributed by atoms with Crippen molar-refractivity contribution >= 4 is 23.1 Å². The largest absolute Gasteiger partial charge is 0.478 e. The lowest BCUT2D eigenvalue weighted by Crippen LogP contribution is -2.13. The number of ketones is 1. The molecule has 0 atom stereocenters. The van der Waals surface area contributed by atoms with Crippen LogP contribution in [0.2, 0.25) is 0 Å². The Morgan fingerprint density at radius 1 is 1.00 bits per heavy atom. The molecule has 0 radical (unpaired) electrons. The molecule has 3 rings (SSSR count). The van der Waals surface area contributed by atoms with Gasteiger partial charge in [0.05, 0.1) is 11.3 Å². The van der Waals surface area contributed by atoms with Crippen molar-refractivity contribution in [3.8, 4) is 5.69 Å². The number of carbonyl (C=O) groups is 2. The molecule has 0 fully saturated rings. The molecule has 1 aromatic heterocycles. The minimum atomic E-state index is -1.02. The van der Waals surface area contributed by atoms with Gasteiger partial charge in [0.2, 0.25) is 10.6 Å². The molecule has 0 aliphatic heterocycles.